The normalized spacial score (nSPS) is 15.1. The van der Waals surface area contributed by atoms with Gasteiger partial charge in [-0.1, -0.05) is 35.9 Å². The van der Waals surface area contributed by atoms with Crippen LogP contribution in [0.4, 0.5) is 0 Å². The molecule has 70 valence electrons. The van der Waals surface area contributed by atoms with Crippen LogP contribution < -0.4 is 0 Å². The van der Waals surface area contributed by atoms with Crippen molar-refractivity contribution >= 4 is 23.2 Å². The number of hydrogen-bond acceptors (Lipinski definition) is 1. The lowest BCUT2D eigenvalue weighted by Crippen LogP contribution is -2.17. The molecule has 0 saturated carbocycles. The van der Waals surface area contributed by atoms with E-state index in [1.165, 1.54) is 6.08 Å². The summed E-state index contributed by atoms with van der Waals surface area (Å²) in [5, 5.41) is 10.9. The molecule has 0 aliphatic carbocycles. The van der Waals surface area contributed by atoms with Gasteiger partial charge in [0.2, 0.25) is 0 Å². The van der Waals surface area contributed by atoms with Gasteiger partial charge in [0.1, 0.15) is 5.60 Å². The molecule has 0 heterocycles. The van der Waals surface area contributed by atoms with E-state index in [1.807, 2.05) is 0 Å². The quantitative estimate of drug-likeness (QED) is 0.752. The lowest BCUT2D eigenvalue weighted by atomic mass is 9.96. The highest BCUT2D eigenvalue weighted by Gasteiger charge is 2.21. The lowest BCUT2D eigenvalue weighted by Gasteiger charge is -2.20. The largest absolute Gasteiger partial charge is 0.381 e. The van der Waals surface area contributed by atoms with Crippen molar-refractivity contribution in [3.05, 3.63) is 46.5 Å². The van der Waals surface area contributed by atoms with E-state index in [9.17, 15) is 5.11 Å². The standard InChI is InChI=1S/C10H10Cl2O/c1-3-10(2,13)8-6-7(11)4-5-9(8)12/h3-6,13H,1H2,2H3. The summed E-state index contributed by atoms with van der Waals surface area (Å²) in [4.78, 5) is 0. The van der Waals surface area contributed by atoms with E-state index < -0.39 is 5.60 Å². The molecule has 1 N–H and O–H groups in total. The Morgan fingerprint density at radius 3 is 2.62 bits per heavy atom. The molecule has 0 aliphatic rings. The van der Waals surface area contributed by atoms with Crippen molar-refractivity contribution in [2.45, 2.75) is 12.5 Å². The third-order valence-electron chi connectivity index (χ3n) is 1.87. The molecule has 0 fully saturated rings. The van der Waals surface area contributed by atoms with Crippen LogP contribution in [-0.2, 0) is 5.60 Å². The second-order valence-electron chi connectivity index (χ2n) is 2.98. The summed E-state index contributed by atoms with van der Waals surface area (Å²) in [6.45, 7) is 5.14. The summed E-state index contributed by atoms with van der Waals surface area (Å²) < 4.78 is 0. The molecule has 0 saturated heterocycles. The van der Waals surface area contributed by atoms with E-state index >= 15 is 0 Å². The molecule has 1 atom stereocenters. The van der Waals surface area contributed by atoms with Gasteiger partial charge in [-0.3, -0.25) is 0 Å². The molecule has 1 nitrogen and oxygen atoms in total. The maximum atomic E-state index is 9.84. The Balaban J connectivity index is 3.28. The van der Waals surface area contributed by atoms with Gasteiger partial charge in [-0.2, -0.15) is 0 Å². The molecule has 0 bridgehead atoms. The van der Waals surface area contributed by atoms with E-state index in [0.717, 1.165) is 0 Å². The maximum Gasteiger partial charge on any atom is 0.106 e. The zero-order chi connectivity index (χ0) is 10.1. The van der Waals surface area contributed by atoms with Crippen LogP contribution in [0, 0.1) is 0 Å². The number of rotatable bonds is 2. The van der Waals surface area contributed by atoms with Gasteiger partial charge in [-0.05, 0) is 25.1 Å². The average Bonchev–Trinajstić information content (AvgIpc) is 2.09. The van der Waals surface area contributed by atoms with Gasteiger partial charge < -0.3 is 5.11 Å². The first-order valence-corrected chi connectivity index (χ1v) is 4.54. The monoisotopic (exact) mass is 216 g/mol. The predicted octanol–water partition coefficient (Wildman–Crippen LogP) is 3.39. The molecular weight excluding hydrogens is 207 g/mol. The van der Waals surface area contributed by atoms with Gasteiger partial charge in [0.05, 0.1) is 0 Å². The molecule has 0 aliphatic heterocycles. The van der Waals surface area contributed by atoms with Crippen molar-refractivity contribution in [3.8, 4) is 0 Å². The van der Waals surface area contributed by atoms with Crippen LogP contribution in [0.5, 0.6) is 0 Å². The summed E-state index contributed by atoms with van der Waals surface area (Å²) in [5.74, 6) is 0. The Bertz CT molecular complexity index is 332. The Morgan fingerprint density at radius 1 is 1.46 bits per heavy atom. The smallest absolute Gasteiger partial charge is 0.106 e. The van der Waals surface area contributed by atoms with Gasteiger partial charge in [0.25, 0.3) is 0 Å². The van der Waals surface area contributed by atoms with E-state index in [0.29, 0.717) is 15.6 Å². The Morgan fingerprint density at radius 2 is 2.08 bits per heavy atom. The average molecular weight is 217 g/mol. The minimum absolute atomic E-state index is 0.481. The first-order valence-electron chi connectivity index (χ1n) is 3.79. The van der Waals surface area contributed by atoms with Gasteiger partial charge in [0.15, 0.2) is 0 Å². The highest BCUT2D eigenvalue weighted by atomic mass is 35.5. The fraction of sp³-hybridized carbons (Fsp3) is 0.200. The van der Waals surface area contributed by atoms with E-state index in [2.05, 4.69) is 6.58 Å². The zero-order valence-corrected chi connectivity index (χ0v) is 8.73. The van der Waals surface area contributed by atoms with Crippen LogP contribution >= 0.6 is 23.2 Å². The second kappa shape index (κ2) is 3.70. The van der Waals surface area contributed by atoms with Crippen molar-refractivity contribution in [1.29, 1.82) is 0 Å². The Labute approximate surface area is 87.6 Å². The van der Waals surface area contributed by atoms with Crippen LogP contribution in [0.15, 0.2) is 30.9 Å². The van der Waals surface area contributed by atoms with Crippen LogP contribution in [0.3, 0.4) is 0 Å². The Kier molecular flexibility index (Phi) is 3.01. The molecule has 1 aromatic carbocycles. The molecule has 0 aromatic heterocycles. The Hall–Kier alpha value is -0.500. The number of benzene rings is 1. The number of halogens is 2. The zero-order valence-electron chi connectivity index (χ0n) is 7.22. The molecular formula is C10H10Cl2O. The van der Waals surface area contributed by atoms with Crippen molar-refractivity contribution < 1.29 is 5.11 Å². The van der Waals surface area contributed by atoms with E-state index in [4.69, 9.17) is 23.2 Å². The van der Waals surface area contributed by atoms with Crippen LogP contribution in [0.2, 0.25) is 10.0 Å². The van der Waals surface area contributed by atoms with Gasteiger partial charge in [0, 0.05) is 15.6 Å². The number of hydrogen-bond donors (Lipinski definition) is 1. The molecule has 1 rings (SSSR count). The first kappa shape index (κ1) is 10.6. The summed E-state index contributed by atoms with van der Waals surface area (Å²) in [6, 6.07) is 4.95. The molecule has 0 spiro atoms. The fourth-order valence-electron chi connectivity index (χ4n) is 0.995. The highest BCUT2D eigenvalue weighted by molar-refractivity contribution is 6.33. The van der Waals surface area contributed by atoms with Gasteiger partial charge in [-0.15, -0.1) is 0 Å². The van der Waals surface area contributed by atoms with Crippen LogP contribution in [0.25, 0.3) is 0 Å². The van der Waals surface area contributed by atoms with E-state index in [-0.39, 0.29) is 0 Å². The molecule has 0 amide bonds. The first-order chi connectivity index (χ1) is 5.97. The van der Waals surface area contributed by atoms with Crippen molar-refractivity contribution in [2.75, 3.05) is 0 Å². The molecule has 1 aromatic rings. The SMILES string of the molecule is C=CC(C)(O)c1cc(Cl)ccc1Cl. The summed E-state index contributed by atoms with van der Waals surface area (Å²) in [5.41, 5.74) is -0.571. The topological polar surface area (TPSA) is 20.2 Å². The molecule has 13 heavy (non-hydrogen) atoms. The van der Waals surface area contributed by atoms with Crippen LogP contribution in [0.1, 0.15) is 12.5 Å². The molecule has 0 radical (unpaired) electrons. The molecule has 1 unspecified atom stereocenters. The van der Waals surface area contributed by atoms with Crippen molar-refractivity contribution in [2.24, 2.45) is 0 Å². The minimum atomic E-state index is -1.14. The fourth-order valence-corrected chi connectivity index (χ4v) is 1.48. The second-order valence-corrected chi connectivity index (χ2v) is 3.82. The van der Waals surface area contributed by atoms with Crippen LogP contribution in [-0.4, -0.2) is 5.11 Å². The van der Waals surface area contributed by atoms with Crippen molar-refractivity contribution in [3.63, 3.8) is 0 Å². The van der Waals surface area contributed by atoms with Gasteiger partial charge >= 0.3 is 0 Å². The van der Waals surface area contributed by atoms with Gasteiger partial charge in [-0.25, -0.2) is 0 Å². The maximum absolute atomic E-state index is 9.84. The lowest BCUT2D eigenvalue weighted by molar-refractivity contribution is 0.112. The van der Waals surface area contributed by atoms with E-state index in [1.54, 1.807) is 25.1 Å². The highest BCUT2D eigenvalue weighted by Crippen LogP contribution is 2.30. The third kappa shape index (κ3) is 2.25. The van der Waals surface area contributed by atoms with Crippen molar-refractivity contribution in [1.82, 2.24) is 0 Å². The summed E-state index contributed by atoms with van der Waals surface area (Å²) >= 11 is 11.7. The predicted molar refractivity (Wildman–Crippen MR) is 56.2 cm³/mol. The summed E-state index contributed by atoms with van der Waals surface area (Å²) in [7, 11) is 0. The number of aliphatic hydroxyl groups is 1. The third-order valence-corrected chi connectivity index (χ3v) is 2.44. The molecule has 3 heteroatoms. The summed E-state index contributed by atoms with van der Waals surface area (Å²) in [6.07, 6.45) is 1.42. The minimum Gasteiger partial charge on any atom is -0.381 e.